The molecule has 0 amide bonds. The first-order valence-electron chi connectivity index (χ1n) is 10.8. The monoisotopic (exact) mass is 435 g/mol. The number of para-hydroxylation sites is 2. The molecular formula is C27H21N3O3. The highest BCUT2D eigenvalue weighted by Gasteiger charge is 2.21. The third-order valence-corrected chi connectivity index (χ3v) is 5.92. The molecule has 0 unspecified atom stereocenters. The van der Waals surface area contributed by atoms with Crippen molar-refractivity contribution in [1.29, 1.82) is 0 Å². The fourth-order valence-electron chi connectivity index (χ4n) is 4.12. The topological polar surface area (TPSA) is 91.2 Å². The van der Waals surface area contributed by atoms with Crippen molar-refractivity contribution < 1.29 is 13.3 Å². The maximum Gasteiger partial charge on any atom is 0.284 e. The summed E-state index contributed by atoms with van der Waals surface area (Å²) in [6, 6.07) is 25.6. The molecule has 0 aliphatic carbocycles. The first kappa shape index (κ1) is 19.5. The molecule has 6 rings (SSSR count). The van der Waals surface area contributed by atoms with E-state index >= 15 is 0 Å². The van der Waals surface area contributed by atoms with Crippen molar-refractivity contribution >= 4 is 21.9 Å². The zero-order valence-corrected chi connectivity index (χ0v) is 18.0. The van der Waals surface area contributed by atoms with E-state index < -0.39 is 6.04 Å². The van der Waals surface area contributed by atoms with Gasteiger partial charge >= 0.3 is 0 Å². The van der Waals surface area contributed by atoms with Crippen LogP contribution in [0.3, 0.4) is 0 Å². The molecule has 6 nitrogen and oxygen atoms in total. The molecule has 162 valence electrons. The maximum absolute atomic E-state index is 6.39. The van der Waals surface area contributed by atoms with Gasteiger partial charge in [-0.15, -0.1) is 10.2 Å². The van der Waals surface area contributed by atoms with Crippen LogP contribution in [0.15, 0.2) is 92.1 Å². The van der Waals surface area contributed by atoms with Crippen LogP contribution in [0.25, 0.3) is 44.9 Å². The standard InChI is InChI=1S/C27H21N3O3/c1-16-20-7-3-5-9-23(20)32-25(16)27-30-29-26(33-27)21(28)14-17-10-12-18(13-11-17)24-15-19-6-2-4-8-22(19)31-24/h2-13,15,21H,14,28H2,1H3/t21-/m0/s1. The molecule has 0 spiro atoms. The first-order valence-corrected chi connectivity index (χ1v) is 10.8. The van der Waals surface area contributed by atoms with E-state index in [9.17, 15) is 0 Å². The highest BCUT2D eigenvalue weighted by molar-refractivity contribution is 5.86. The van der Waals surface area contributed by atoms with E-state index in [0.717, 1.165) is 44.4 Å². The van der Waals surface area contributed by atoms with E-state index in [0.29, 0.717) is 24.0 Å². The molecular weight excluding hydrogens is 414 g/mol. The van der Waals surface area contributed by atoms with Gasteiger partial charge in [0.15, 0.2) is 5.76 Å². The van der Waals surface area contributed by atoms with Gasteiger partial charge in [0.2, 0.25) is 5.89 Å². The second-order valence-corrected chi connectivity index (χ2v) is 8.15. The lowest BCUT2D eigenvalue weighted by atomic mass is 10.0. The van der Waals surface area contributed by atoms with E-state index in [1.165, 1.54) is 0 Å². The molecule has 0 radical (unpaired) electrons. The zero-order valence-electron chi connectivity index (χ0n) is 18.0. The molecule has 6 aromatic rings. The predicted octanol–water partition coefficient (Wildman–Crippen LogP) is 6.45. The van der Waals surface area contributed by atoms with E-state index in [4.69, 9.17) is 19.0 Å². The molecule has 2 N–H and O–H groups in total. The largest absolute Gasteiger partial charge is 0.456 e. The second-order valence-electron chi connectivity index (χ2n) is 8.15. The van der Waals surface area contributed by atoms with Crippen molar-refractivity contribution in [3.63, 3.8) is 0 Å². The number of benzene rings is 3. The lowest BCUT2D eigenvalue weighted by Gasteiger charge is -2.07. The number of furan rings is 2. The molecule has 33 heavy (non-hydrogen) atoms. The van der Waals surface area contributed by atoms with Crippen LogP contribution in [-0.2, 0) is 6.42 Å². The van der Waals surface area contributed by atoms with Crippen molar-refractivity contribution in [3.8, 4) is 23.0 Å². The van der Waals surface area contributed by atoms with Gasteiger partial charge in [-0.3, -0.25) is 0 Å². The van der Waals surface area contributed by atoms with Gasteiger partial charge in [-0.25, -0.2) is 0 Å². The summed E-state index contributed by atoms with van der Waals surface area (Å²) in [6.45, 7) is 1.98. The minimum Gasteiger partial charge on any atom is -0.456 e. The SMILES string of the molecule is Cc1c(-c2nnc([C@@H](N)Cc3ccc(-c4cc5ccccc5o4)cc3)o2)oc2ccccc12. The third-order valence-electron chi connectivity index (χ3n) is 5.92. The minimum atomic E-state index is -0.423. The van der Waals surface area contributed by atoms with Gasteiger partial charge in [0.1, 0.15) is 16.9 Å². The number of aromatic nitrogens is 2. The number of aryl methyl sites for hydroxylation is 1. The summed E-state index contributed by atoms with van der Waals surface area (Å²) in [7, 11) is 0. The average molecular weight is 435 g/mol. The fourth-order valence-corrected chi connectivity index (χ4v) is 4.12. The van der Waals surface area contributed by atoms with Gasteiger partial charge in [0.25, 0.3) is 5.89 Å². The predicted molar refractivity (Wildman–Crippen MR) is 127 cm³/mol. The number of hydrogen-bond donors (Lipinski definition) is 1. The summed E-state index contributed by atoms with van der Waals surface area (Å²) < 4.78 is 17.8. The number of hydrogen-bond acceptors (Lipinski definition) is 6. The van der Waals surface area contributed by atoms with Crippen LogP contribution in [-0.4, -0.2) is 10.2 Å². The highest BCUT2D eigenvalue weighted by Crippen LogP contribution is 2.33. The van der Waals surface area contributed by atoms with Crippen LogP contribution < -0.4 is 5.73 Å². The Hall–Kier alpha value is -4.16. The number of rotatable bonds is 5. The van der Waals surface area contributed by atoms with Crippen molar-refractivity contribution in [2.24, 2.45) is 5.73 Å². The van der Waals surface area contributed by atoms with Crippen LogP contribution in [0.2, 0.25) is 0 Å². The van der Waals surface area contributed by atoms with Crippen LogP contribution in [0.4, 0.5) is 0 Å². The average Bonchev–Trinajstić information content (AvgIpc) is 3.57. The molecule has 3 aromatic carbocycles. The van der Waals surface area contributed by atoms with Crippen molar-refractivity contribution in [2.75, 3.05) is 0 Å². The van der Waals surface area contributed by atoms with Crippen molar-refractivity contribution in [1.82, 2.24) is 10.2 Å². The Balaban J connectivity index is 1.20. The van der Waals surface area contributed by atoms with E-state index in [2.05, 4.69) is 16.3 Å². The van der Waals surface area contributed by atoms with Gasteiger partial charge in [0, 0.05) is 21.9 Å². The molecule has 0 saturated carbocycles. The van der Waals surface area contributed by atoms with Gasteiger partial charge in [-0.1, -0.05) is 60.7 Å². The van der Waals surface area contributed by atoms with Crippen LogP contribution in [0.5, 0.6) is 0 Å². The maximum atomic E-state index is 6.39. The summed E-state index contributed by atoms with van der Waals surface area (Å²) in [5.41, 5.74) is 11.1. The number of fused-ring (bicyclic) bond motifs is 2. The Labute approximate surface area is 189 Å². The lowest BCUT2D eigenvalue weighted by molar-refractivity contribution is 0.446. The van der Waals surface area contributed by atoms with Gasteiger partial charge in [0.05, 0.1) is 6.04 Å². The third kappa shape index (κ3) is 3.50. The Morgan fingerprint density at radius 2 is 1.58 bits per heavy atom. The summed E-state index contributed by atoms with van der Waals surface area (Å²) in [5.74, 6) is 2.15. The van der Waals surface area contributed by atoms with Gasteiger partial charge in [-0.05, 0) is 37.1 Å². The van der Waals surface area contributed by atoms with Crippen molar-refractivity contribution in [3.05, 3.63) is 95.9 Å². The molecule has 1 atom stereocenters. The van der Waals surface area contributed by atoms with E-state index in [1.54, 1.807) is 0 Å². The van der Waals surface area contributed by atoms with E-state index in [1.807, 2.05) is 79.7 Å². The molecule has 3 heterocycles. The number of nitrogens with two attached hydrogens (primary N) is 1. The summed E-state index contributed by atoms with van der Waals surface area (Å²) >= 11 is 0. The van der Waals surface area contributed by atoms with Crippen LogP contribution >= 0.6 is 0 Å². The van der Waals surface area contributed by atoms with Crippen LogP contribution in [0, 0.1) is 6.92 Å². The van der Waals surface area contributed by atoms with Crippen LogP contribution in [0.1, 0.15) is 23.1 Å². The highest BCUT2D eigenvalue weighted by atomic mass is 16.4. The minimum absolute atomic E-state index is 0.342. The van der Waals surface area contributed by atoms with Gasteiger partial charge < -0.3 is 19.0 Å². The smallest absolute Gasteiger partial charge is 0.284 e. The fraction of sp³-hybridized carbons (Fsp3) is 0.111. The molecule has 0 aliphatic rings. The quantitative estimate of drug-likeness (QED) is 0.335. The van der Waals surface area contributed by atoms with Gasteiger partial charge in [-0.2, -0.15) is 0 Å². The summed E-state index contributed by atoms with van der Waals surface area (Å²) in [4.78, 5) is 0. The normalized spacial score (nSPS) is 12.5. The molecule has 0 fully saturated rings. The van der Waals surface area contributed by atoms with E-state index in [-0.39, 0.29) is 0 Å². The molecule has 0 aliphatic heterocycles. The molecule has 0 bridgehead atoms. The lowest BCUT2D eigenvalue weighted by Crippen LogP contribution is -2.13. The number of nitrogens with zero attached hydrogens (tertiary/aromatic N) is 2. The molecule has 3 aromatic heterocycles. The Morgan fingerprint density at radius 1 is 0.818 bits per heavy atom. The Bertz CT molecular complexity index is 1540. The molecule has 6 heteroatoms. The molecule has 0 saturated heterocycles. The Kier molecular flexibility index (Phi) is 4.59. The zero-order chi connectivity index (χ0) is 22.4. The first-order chi connectivity index (χ1) is 16.2. The van der Waals surface area contributed by atoms with Crippen molar-refractivity contribution in [2.45, 2.75) is 19.4 Å². The second kappa shape index (κ2) is 7.76. The summed E-state index contributed by atoms with van der Waals surface area (Å²) in [6.07, 6.45) is 0.571. The summed E-state index contributed by atoms with van der Waals surface area (Å²) in [5, 5.41) is 10.5. The Morgan fingerprint density at radius 3 is 2.36 bits per heavy atom.